The van der Waals surface area contributed by atoms with Crippen LogP contribution in [-0.4, -0.2) is 28.4 Å². The summed E-state index contributed by atoms with van der Waals surface area (Å²) in [6, 6.07) is 14.9. The molecule has 1 saturated heterocycles. The number of hydrogen-bond acceptors (Lipinski definition) is 3. The molecule has 0 radical (unpaired) electrons. The number of aliphatic hydroxyl groups excluding tert-OH is 1. The summed E-state index contributed by atoms with van der Waals surface area (Å²) in [5.41, 5.74) is 7.61. The molecule has 2 aromatic rings. The molecule has 0 saturated carbocycles. The zero-order valence-corrected chi connectivity index (χ0v) is 13.8. The van der Waals surface area contributed by atoms with E-state index in [0.29, 0.717) is 31.5 Å². The van der Waals surface area contributed by atoms with E-state index in [1.54, 1.807) is 18.2 Å². The second-order valence-corrected chi connectivity index (χ2v) is 6.98. The van der Waals surface area contributed by atoms with Gasteiger partial charge in [-0.3, -0.25) is 9.59 Å². The van der Waals surface area contributed by atoms with Gasteiger partial charge >= 0.3 is 0 Å². The lowest BCUT2D eigenvalue weighted by Crippen LogP contribution is -2.37. The van der Waals surface area contributed by atoms with Gasteiger partial charge in [0.2, 0.25) is 11.8 Å². The minimum atomic E-state index is -0.835. The summed E-state index contributed by atoms with van der Waals surface area (Å²) < 4.78 is 0. The molecule has 2 aliphatic rings. The molecule has 1 fully saturated rings. The highest BCUT2D eigenvalue weighted by molar-refractivity contribution is 5.93. The second-order valence-electron chi connectivity index (χ2n) is 6.98. The maximum Gasteiger partial charge on any atom is 0.248 e. The zero-order valence-electron chi connectivity index (χ0n) is 13.8. The van der Waals surface area contributed by atoms with Gasteiger partial charge in [-0.05, 0) is 41.7 Å². The molecular weight excluding hydrogens is 316 g/mol. The first-order valence-corrected chi connectivity index (χ1v) is 8.45. The Morgan fingerprint density at radius 3 is 2.72 bits per heavy atom. The number of amides is 2. The fourth-order valence-electron chi connectivity index (χ4n) is 4.14. The van der Waals surface area contributed by atoms with E-state index in [1.165, 1.54) is 0 Å². The highest BCUT2D eigenvalue weighted by Gasteiger charge is 2.55. The van der Waals surface area contributed by atoms with Crippen molar-refractivity contribution in [1.82, 2.24) is 4.90 Å². The molecule has 4 rings (SSSR count). The van der Waals surface area contributed by atoms with Gasteiger partial charge in [-0.25, -0.2) is 0 Å². The number of hydrogen-bond donors (Lipinski definition) is 2. The van der Waals surface area contributed by atoms with E-state index in [0.717, 1.165) is 16.7 Å². The van der Waals surface area contributed by atoms with Crippen LogP contribution in [0.4, 0.5) is 0 Å². The molecule has 128 valence electrons. The molecule has 1 unspecified atom stereocenters. The molecule has 0 bridgehead atoms. The van der Waals surface area contributed by atoms with Crippen LogP contribution in [0.3, 0.4) is 0 Å². The Balaban J connectivity index is 1.61. The van der Waals surface area contributed by atoms with Crippen LogP contribution >= 0.6 is 0 Å². The lowest BCUT2D eigenvalue weighted by atomic mass is 9.81. The number of primary amides is 1. The van der Waals surface area contributed by atoms with E-state index in [9.17, 15) is 14.7 Å². The molecule has 25 heavy (non-hydrogen) atoms. The van der Waals surface area contributed by atoms with Gasteiger partial charge in [0.05, 0.1) is 11.5 Å². The Hall–Kier alpha value is -2.66. The summed E-state index contributed by atoms with van der Waals surface area (Å²) in [6.45, 7) is 1.18. The molecule has 1 spiro atoms. The number of aliphatic hydroxyl groups is 1. The van der Waals surface area contributed by atoms with Crippen LogP contribution in [0.25, 0.3) is 0 Å². The molecule has 0 aromatic heterocycles. The molecule has 2 atom stereocenters. The molecule has 5 nitrogen and oxygen atoms in total. The van der Waals surface area contributed by atoms with Gasteiger partial charge in [-0.15, -0.1) is 0 Å². The molecule has 5 heteroatoms. The topological polar surface area (TPSA) is 83.6 Å². The number of nitrogens with two attached hydrogens (primary N) is 1. The number of rotatable bonds is 3. The molecular formula is C20H20N2O3. The molecule has 2 amide bonds. The predicted molar refractivity (Wildman–Crippen MR) is 92.5 cm³/mol. The first-order valence-electron chi connectivity index (χ1n) is 8.45. The average molecular weight is 336 g/mol. The highest BCUT2D eigenvalue weighted by atomic mass is 16.3. The Kier molecular flexibility index (Phi) is 3.62. The fourth-order valence-corrected chi connectivity index (χ4v) is 4.14. The van der Waals surface area contributed by atoms with Crippen LogP contribution in [-0.2, 0) is 17.8 Å². The summed E-state index contributed by atoms with van der Waals surface area (Å²) in [5, 5.41) is 10.9. The van der Waals surface area contributed by atoms with Crippen LogP contribution < -0.4 is 5.73 Å². The van der Waals surface area contributed by atoms with E-state index < -0.39 is 17.4 Å². The van der Waals surface area contributed by atoms with E-state index in [2.05, 4.69) is 0 Å². The van der Waals surface area contributed by atoms with Gasteiger partial charge < -0.3 is 15.7 Å². The SMILES string of the molecule is NC(=O)c1ccc2c(c1)C[C@@]1(CCN(Cc3ccccc3)C1=O)C2O. The van der Waals surface area contributed by atoms with Crippen molar-refractivity contribution in [2.75, 3.05) is 6.54 Å². The Labute approximate surface area is 146 Å². The van der Waals surface area contributed by atoms with Crippen molar-refractivity contribution in [2.45, 2.75) is 25.5 Å². The van der Waals surface area contributed by atoms with Crippen LogP contribution in [0, 0.1) is 5.41 Å². The van der Waals surface area contributed by atoms with Crippen molar-refractivity contribution >= 4 is 11.8 Å². The van der Waals surface area contributed by atoms with Gasteiger partial charge in [0.15, 0.2) is 0 Å². The predicted octanol–water partition coefficient (Wildman–Crippen LogP) is 1.79. The Morgan fingerprint density at radius 1 is 1.24 bits per heavy atom. The number of carbonyl (C=O) groups is 2. The number of nitrogens with zero attached hydrogens (tertiary/aromatic N) is 1. The van der Waals surface area contributed by atoms with Gasteiger partial charge in [-0.2, -0.15) is 0 Å². The normalized spacial score (nSPS) is 24.8. The monoisotopic (exact) mass is 336 g/mol. The first-order chi connectivity index (χ1) is 12.0. The van der Waals surface area contributed by atoms with Crippen LogP contribution in [0.15, 0.2) is 48.5 Å². The van der Waals surface area contributed by atoms with Gasteiger partial charge in [-0.1, -0.05) is 36.4 Å². The van der Waals surface area contributed by atoms with E-state index in [1.807, 2.05) is 35.2 Å². The molecule has 2 aromatic carbocycles. The third-order valence-electron chi connectivity index (χ3n) is 5.51. The third-order valence-corrected chi connectivity index (χ3v) is 5.51. The first kappa shape index (κ1) is 15.8. The quantitative estimate of drug-likeness (QED) is 0.896. The van der Waals surface area contributed by atoms with E-state index in [4.69, 9.17) is 5.73 Å². The summed E-state index contributed by atoms with van der Waals surface area (Å²) in [6.07, 6.45) is 0.229. The van der Waals surface area contributed by atoms with Crippen molar-refractivity contribution in [3.8, 4) is 0 Å². The summed E-state index contributed by atoms with van der Waals surface area (Å²) >= 11 is 0. The van der Waals surface area contributed by atoms with Gasteiger partial charge in [0, 0.05) is 18.7 Å². The van der Waals surface area contributed by atoms with Crippen molar-refractivity contribution < 1.29 is 14.7 Å². The number of benzene rings is 2. The summed E-state index contributed by atoms with van der Waals surface area (Å²) in [7, 11) is 0. The van der Waals surface area contributed by atoms with Crippen molar-refractivity contribution in [3.63, 3.8) is 0 Å². The van der Waals surface area contributed by atoms with Crippen LogP contribution in [0.5, 0.6) is 0 Å². The lowest BCUT2D eigenvalue weighted by Gasteiger charge is -2.26. The second kappa shape index (κ2) is 5.70. The standard InChI is InChI=1S/C20H20N2O3/c21-18(24)14-6-7-16-15(10-14)11-20(17(16)23)8-9-22(19(20)25)12-13-4-2-1-3-5-13/h1-7,10,17,23H,8-9,11-12H2,(H2,21,24)/t17?,20-/m0/s1. The smallest absolute Gasteiger partial charge is 0.248 e. The van der Waals surface area contributed by atoms with Crippen LogP contribution in [0.1, 0.15) is 39.6 Å². The minimum Gasteiger partial charge on any atom is -0.387 e. The van der Waals surface area contributed by atoms with Crippen molar-refractivity contribution in [2.24, 2.45) is 11.1 Å². The Bertz CT molecular complexity index is 849. The molecule has 1 heterocycles. The largest absolute Gasteiger partial charge is 0.387 e. The van der Waals surface area contributed by atoms with Crippen molar-refractivity contribution in [1.29, 1.82) is 0 Å². The van der Waals surface area contributed by atoms with E-state index >= 15 is 0 Å². The summed E-state index contributed by atoms with van der Waals surface area (Å²) in [5.74, 6) is -0.512. The number of fused-ring (bicyclic) bond motifs is 1. The van der Waals surface area contributed by atoms with Crippen LogP contribution in [0.2, 0.25) is 0 Å². The number of likely N-dealkylation sites (tertiary alicyclic amines) is 1. The van der Waals surface area contributed by atoms with Gasteiger partial charge in [0.1, 0.15) is 0 Å². The van der Waals surface area contributed by atoms with Crippen molar-refractivity contribution in [3.05, 3.63) is 70.8 Å². The highest BCUT2D eigenvalue weighted by Crippen LogP contribution is 2.52. The average Bonchev–Trinajstić information content (AvgIpc) is 3.08. The maximum atomic E-state index is 13.1. The Morgan fingerprint density at radius 2 is 2.00 bits per heavy atom. The zero-order chi connectivity index (χ0) is 17.6. The summed E-state index contributed by atoms with van der Waals surface area (Å²) in [4.78, 5) is 26.3. The fraction of sp³-hybridized carbons (Fsp3) is 0.300. The third kappa shape index (κ3) is 2.43. The lowest BCUT2D eigenvalue weighted by molar-refractivity contribution is -0.141. The van der Waals surface area contributed by atoms with Gasteiger partial charge in [0.25, 0.3) is 0 Å². The molecule has 1 aliphatic carbocycles. The molecule has 3 N–H and O–H groups in total. The molecule has 1 aliphatic heterocycles. The minimum absolute atomic E-state index is 0.0133. The number of carbonyl (C=O) groups excluding carboxylic acids is 2. The van der Waals surface area contributed by atoms with E-state index in [-0.39, 0.29) is 5.91 Å². The maximum absolute atomic E-state index is 13.1.